The van der Waals surface area contributed by atoms with E-state index in [1.165, 1.54) is 31.2 Å². The molecule has 9 heteroatoms. The van der Waals surface area contributed by atoms with Gasteiger partial charge in [-0.15, -0.1) is 0 Å². The zero-order valence-electron chi connectivity index (χ0n) is 13.6. The number of halogens is 3. The third-order valence-electron chi connectivity index (χ3n) is 3.64. The lowest BCUT2D eigenvalue weighted by atomic mass is 10.1. The van der Waals surface area contributed by atoms with Crippen LogP contribution in [0.25, 0.3) is 0 Å². The average molecular weight is 387 g/mol. The molecule has 5 nitrogen and oxygen atoms in total. The van der Waals surface area contributed by atoms with Crippen molar-refractivity contribution in [3.8, 4) is 0 Å². The van der Waals surface area contributed by atoms with E-state index in [0.29, 0.717) is 0 Å². The standard InChI is InChI=1S/C17H16F3NO4S/c1-11(22)13-3-2-4-15(9-13)26(24,25)21-10-16(23)12-5-7-14(8-6-12)17(18,19)20/h2-9,16,21,23H,10H2,1H3. The van der Waals surface area contributed by atoms with Gasteiger partial charge in [-0.05, 0) is 36.8 Å². The molecule has 140 valence electrons. The molecule has 2 rings (SSSR count). The Bertz CT molecular complexity index is 893. The van der Waals surface area contributed by atoms with Gasteiger partial charge in [-0.25, -0.2) is 13.1 Å². The summed E-state index contributed by atoms with van der Waals surface area (Å²) in [6.45, 7) is 0.867. The molecule has 0 aromatic heterocycles. The van der Waals surface area contributed by atoms with Crippen molar-refractivity contribution in [2.24, 2.45) is 0 Å². The Kier molecular flexibility index (Phi) is 5.84. The summed E-state index contributed by atoms with van der Waals surface area (Å²) in [6.07, 6.45) is -5.82. The Labute approximate surface area is 148 Å². The predicted molar refractivity (Wildman–Crippen MR) is 88.0 cm³/mol. The van der Waals surface area contributed by atoms with E-state index in [2.05, 4.69) is 4.72 Å². The highest BCUT2D eigenvalue weighted by molar-refractivity contribution is 7.89. The minimum absolute atomic E-state index is 0.137. The molecule has 2 aromatic carbocycles. The number of carbonyl (C=O) groups excluding carboxylic acids is 1. The number of ketones is 1. The lowest BCUT2D eigenvalue weighted by Gasteiger charge is -2.14. The van der Waals surface area contributed by atoms with E-state index in [0.717, 1.165) is 24.3 Å². The monoisotopic (exact) mass is 387 g/mol. The van der Waals surface area contributed by atoms with E-state index in [1.54, 1.807) is 0 Å². The maximum atomic E-state index is 12.5. The maximum Gasteiger partial charge on any atom is 0.416 e. The van der Waals surface area contributed by atoms with Crippen LogP contribution in [0.3, 0.4) is 0 Å². The highest BCUT2D eigenvalue weighted by Gasteiger charge is 2.30. The fourth-order valence-corrected chi connectivity index (χ4v) is 3.25. The first-order valence-corrected chi connectivity index (χ1v) is 8.95. The molecule has 0 spiro atoms. The molecule has 2 N–H and O–H groups in total. The van der Waals surface area contributed by atoms with E-state index in [9.17, 15) is 31.5 Å². The molecule has 0 fully saturated rings. The van der Waals surface area contributed by atoms with Crippen LogP contribution in [0.15, 0.2) is 53.4 Å². The van der Waals surface area contributed by atoms with Crippen molar-refractivity contribution in [2.45, 2.75) is 24.1 Å². The van der Waals surface area contributed by atoms with Gasteiger partial charge in [0.25, 0.3) is 0 Å². The number of Topliss-reactive ketones (excluding diaryl/α,β-unsaturated/α-hetero) is 1. The topological polar surface area (TPSA) is 83.5 Å². The van der Waals surface area contributed by atoms with E-state index in [4.69, 9.17) is 0 Å². The number of rotatable bonds is 6. The third-order valence-corrected chi connectivity index (χ3v) is 5.06. The number of alkyl halides is 3. The van der Waals surface area contributed by atoms with E-state index in [1.807, 2.05) is 0 Å². The second-order valence-electron chi connectivity index (χ2n) is 5.57. The lowest BCUT2D eigenvalue weighted by molar-refractivity contribution is -0.137. The fourth-order valence-electron chi connectivity index (χ4n) is 2.17. The Hall–Kier alpha value is -2.23. The smallest absolute Gasteiger partial charge is 0.387 e. The van der Waals surface area contributed by atoms with E-state index in [-0.39, 0.29) is 21.8 Å². The van der Waals surface area contributed by atoms with Gasteiger partial charge in [0, 0.05) is 12.1 Å². The molecule has 0 saturated heterocycles. The van der Waals surface area contributed by atoms with E-state index >= 15 is 0 Å². The van der Waals surface area contributed by atoms with Crippen molar-refractivity contribution in [2.75, 3.05) is 6.54 Å². The van der Waals surface area contributed by atoms with Crippen LogP contribution >= 0.6 is 0 Å². The number of benzene rings is 2. The molecule has 26 heavy (non-hydrogen) atoms. The van der Waals surface area contributed by atoms with Crippen molar-refractivity contribution in [3.05, 3.63) is 65.2 Å². The summed E-state index contributed by atoms with van der Waals surface area (Å²) in [7, 11) is -3.99. The van der Waals surface area contributed by atoms with Gasteiger partial charge in [-0.1, -0.05) is 24.3 Å². The summed E-state index contributed by atoms with van der Waals surface area (Å²) in [5.74, 6) is -0.299. The Morgan fingerprint density at radius 1 is 1.15 bits per heavy atom. The minimum atomic E-state index is -4.49. The van der Waals surface area contributed by atoms with Crippen LogP contribution in [0.2, 0.25) is 0 Å². The van der Waals surface area contributed by atoms with Gasteiger partial charge in [0.1, 0.15) is 0 Å². The molecule has 0 aliphatic carbocycles. The summed E-state index contributed by atoms with van der Waals surface area (Å²) in [4.78, 5) is 11.2. The van der Waals surface area contributed by atoms with Crippen molar-refractivity contribution in [3.63, 3.8) is 0 Å². The van der Waals surface area contributed by atoms with Gasteiger partial charge in [-0.2, -0.15) is 13.2 Å². The van der Waals surface area contributed by atoms with Crippen LogP contribution in [0.4, 0.5) is 13.2 Å². The lowest BCUT2D eigenvalue weighted by Crippen LogP contribution is -2.28. The molecule has 0 bridgehead atoms. The first-order valence-electron chi connectivity index (χ1n) is 7.46. The molecular weight excluding hydrogens is 371 g/mol. The summed E-state index contributed by atoms with van der Waals surface area (Å²) < 4.78 is 64.2. The fraction of sp³-hybridized carbons (Fsp3) is 0.235. The van der Waals surface area contributed by atoms with Crippen molar-refractivity contribution >= 4 is 15.8 Å². The second kappa shape index (κ2) is 7.56. The number of hydrogen-bond acceptors (Lipinski definition) is 4. The van der Waals surface area contributed by atoms with Crippen LogP contribution < -0.4 is 4.72 Å². The minimum Gasteiger partial charge on any atom is -0.387 e. The molecule has 1 unspecified atom stereocenters. The van der Waals surface area contributed by atoms with Crippen LogP contribution in [0.5, 0.6) is 0 Å². The summed E-state index contributed by atoms with van der Waals surface area (Å²) >= 11 is 0. The summed E-state index contributed by atoms with van der Waals surface area (Å²) in [5.41, 5.74) is -0.510. The molecular formula is C17H16F3NO4S. The maximum absolute atomic E-state index is 12.5. The molecule has 0 radical (unpaired) electrons. The molecule has 1 atom stereocenters. The summed E-state index contributed by atoms with van der Waals surface area (Å²) in [6, 6.07) is 9.16. The highest BCUT2D eigenvalue weighted by Crippen LogP contribution is 2.29. The zero-order valence-corrected chi connectivity index (χ0v) is 14.4. The first-order chi connectivity index (χ1) is 12.0. The zero-order chi connectivity index (χ0) is 19.5. The Morgan fingerprint density at radius 2 is 1.77 bits per heavy atom. The number of nitrogens with one attached hydrogen (secondary N) is 1. The first kappa shape index (κ1) is 20.1. The Balaban J connectivity index is 2.09. The van der Waals surface area contributed by atoms with Gasteiger partial charge >= 0.3 is 6.18 Å². The molecule has 0 amide bonds. The van der Waals surface area contributed by atoms with Gasteiger partial charge < -0.3 is 5.11 Å². The van der Waals surface area contributed by atoms with Crippen LogP contribution in [0.1, 0.15) is 34.5 Å². The largest absolute Gasteiger partial charge is 0.416 e. The van der Waals surface area contributed by atoms with Crippen LogP contribution in [0, 0.1) is 0 Å². The quantitative estimate of drug-likeness (QED) is 0.747. The number of sulfonamides is 1. The molecule has 0 saturated carbocycles. The van der Waals surface area contributed by atoms with Gasteiger partial charge in [0.15, 0.2) is 5.78 Å². The predicted octanol–water partition coefficient (Wildman–Crippen LogP) is 2.92. The third kappa shape index (κ3) is 4.90. The van der Waals surface area contributed by atoms with Gasteiger partial charge in [0.05, 0.1) is 16.6 Å². The van der Waals surface area contributed by atoms with Gasteiger partial charge in [0.2, 0.25) is 10.0 Å². The van der Waals surface area contributed by atoms with E-state index < -0.39 is 34.4 Å². The number of hydrogen-bond donors (Lipinski definition) is 2. The number of carbonyl (C=O) groups is 1. The molecule has 2 aromatic rings. The SMILES string of the molecule is CC(=O)c1cccc(S(=O)(=O)NCC(O)c2ccc(C(F)(F)F)cc2)c1. The van der Waals surface area contributed by atoms with Crippen molar-refractivity contribution < 1.29 is 31.5 Å². The summed E-state index contributed by atoms with van der Waals surface area (Å²) in [5, 5.41) is 10.0. The molecule has 0 aliphatic heterocycles. The molecule has 0 heterocycles. The van der Waals surface area contributed by atoms with Crippen molar-refractivity contribution in [1.29, 1.82) is 0 Å². The number of aliphatic hydroxyl groups is 1. The number of aliphatic hydroxyl groups excluding tert-OH is 1. The highest BCUT2D eigenvalue weighted by atomic mass is 32.2. The second-order valence-corrected chi connectivity index (χ2v) is 7.34. The van der Waals surface area contributed by atoms with Gasteiger partial charge in [-0.3, -0.25) is 4.79 Å². The normalized spacial score (nSPS) is 13.4. The average Bonchev–Trinajstić information content (AvgIpc) is 2.59. The Morgan fingerprint density at radius 3 is 2.31 bits per heavy atom. The van der Waals surface area contributed by atoms with Crippen molar-refractivity contribution in [1.82, 2.24) is 4.72 Å². The van der Waals surface area contributed by atoms with Crippen LogP contribution in [-0.2, 0) is 16.2 Å². The molecule has 0 aliphatic rings. The van der Waals surface area contributed by atoms with Crippen LogP contribution in [-0.4, -0.2) is 25.9 Å².